The second-order valence-corrected chi connectivity index (χ2v) is 3.68. The number of ether oxygens (including phenoxy) is 1. The third kappa shape index (κ3) is 3.61. The van der Waals surface area contributed by atoms with Gasteiger partial charge in [-0.25, -0.2) is 0 Å². The molecule has 15 heavy (non-hydrogen) atoms. The average molecular weight is 208 g/mol. The van der Waals surface area contributed by atoms with Crippen LogP contribution in [0.4, 0.5) is 0 Å². The van der Waals surface area contributed by atoms with Gasteiger partial charge in [0, 0.05) is 26.0 Å². The maximum atomic E-state index is 5.05. The SMILES string of the molecule is CNC(CCCOC)c1ncccc1C. The van der Waals surface area contributed by atoms with E-state index in [1.807, 2.05) is 19.3 Å². The van der Waals surface area contributed by atoms with Crippen molar-refractivity contribution in [1.29, 1.82) is 0 Å². The van der Waals surface area contributed by atoms with E-state index in [0.717, 1.165) is 25.1 Å². The molecule has 0 fully saturated rings. The van der Waals surface area contributed by atoms with Crippen LogP contribution in [0.3, 0.4) is 0 Å². The number of hydrogen-bond donors (Lipinski definition) is 1. The van der Waals surface area contributed by atoms with Gasteiger partial charge >= 0.3 is 0 Å². The van der Waals surface area contributed by atoms with Crippen molar-refractivity contribution in [3.63, 3.8) is 0 Å². The predicted molar refractivity (Wildman–Crippen MR) is 61.9 cm³/mol. The molecule has 0 aliphatic carbocycles. The van der Waals surface area contributed by atoms with Gasteiger partial charge in [0.05, 0.1) is 5.69 Å². The van der Waals surface area contributed by atoms with Gasteiger partial charge in [-0.3, -0.25) is 4.98 Å². The monoisotopic (exact) mass is 208 g/mol. The smallest absolute Gasteiger partial charge is 0.0602 e. The lowest BCUT2D eigenvalue weighted by Gasteiger charge is -2.17. The standard InChI is InChI=1S/C12H20N2O/c1-10-6-4-8-14-12(10)11(13-2)7-5-9-15-3/h4,6,8,11,13H,5,7,9H2,1-3H3. The highest BCUT2D eigenvalue weighted by Gasteiger charge is 2.11. The molecule has 0 amide bonds. The van der Waals surface area contributed by atoms with Gasteiger partial charge in [0.1, 0.15) is 0 Å². The molecule has 1 rings (SSSR count). The summed E-state index contributed by atoms with van der Waals surface area (Å²) in [5, 5.41) is 3.30. The minimum Gasteiger partial charge on any atom is -0.385 e. The Morgan fingerprint density at radius 1 is 1.53 bits per heavy atom. The van der Waals surface area contributed by atoms with Crippen molar-refractivity contribution in [3.8, 4) is 0 Å². The third-order valence-electron chi connectivity index (χ3n) is 2.57. The summed E-state index contributed by atoms with van der Waals surface area (Å²) in [6.45, 7) is 2.91. The molecule has 0 saturated carbocycles. The maximum Gasteiger partial charge on any atom is 0.0602 e. The van der Waals surface area contributed by atoms with Gasteiger partial charge in [0.25, 0.3) is 0 Å². The van der Waals surface area contributed by atoms with E-state index in [-0.39, 0.29) is 0 Å². The summed E-state index contributed by atoms with van der Waals surface area (Å²) in [5.41, 5.74) is 2.39. The van der Waals surface area contributed by atoms with Crippen molar-refractivity contribution >= 4 is 0 Å². The first-order chi connectivity index (χ1) is 7.29. The van der Waals surface area contributed by atoms with Crippen molar-refractivity contribution in [2.24, 2.45) is 0 Å². The molecule has 1 N–H and O–H groups in total. The number of hydrogen-bond acceptors (Lipinski definition) is 3. The molecule has 0 aromatic carbocycles. The van der Waals surface area contributed by atoms with Crippen LogP contribution >= 0.6 is 0 Å². The summed E-state index contributed by atoms with van der Waals surface area (Å²) in [7, 11) is 3.71. The van der Waals surface area contributed by atoms with Crippen LogP contribution in [0.2, 0.25) is 0 Å². The van der Waals surface area contributed by atoms with E-state index in [0.29, 0.717) is 6.04 Å². The average Bonchev–Trinajstić information content (AvgIpc) is 2.26. The van der Waals surface area contributed by atoms with E-state index in [4.69, 9.17) is 4.74 Å². The Kier molecular flexibility index (Phi) is 5.29. The molecule has 1 unspecified atom stereocenters. The molecule has 84 valence electrons. The van der Waals surface area contributed by atoms with Gasteiger partial charge in [0.2, 0.25) is 0 Å². The number of aromatic nitrogens is 1. The first-order valence-corrected chi connectivity index (χ1v) is 5.37. The van der Waals surface area contributed by atoms with Crippen LogP contribution in [0.1, 0.15) is 30.1 Å². The number of pyridine rings is 1. The van der Waals surface area contributed by atoms with Crippen LogP contribution in [0.5, 0.6) is 0 Å². The first kappa shape index (κ1) is 12.1. The van der Waals surface area contributed by atoms with Gasteiger partial charge in [0.15, 0.2) is 0 Å². The molecule has 0 spiro atoms. The molecule has 0 saturated heterocycles. The molecular weight excluding hydrogens is 188 g/mol. The van der Waals surface area contributed by atoms with E-state index in [2.05, 4.69) is 23.3 Å². The van der Waals surface area contributed by atoms with Crippen molar-refractivity contribution < 1.29 is 4.74 Å². The van der Waals surface area contributed by atoms with Gasteiger partial charge in [-0.15, -0.1) is 0 Å². The number of nitrogens with one attached hydrogen (secondary N) is 1. The Balaban J connectivity index is 2.61. The largest absolute Gasteiger partial charge is 0.385 e. The zero-order valence-corrected chi connectivity index (χ0v) is 9.79. The van der Waals surface area contributed by atoms with Gasteiger partial charge in [-0.1, -0.05) is 6.07 Å². The van der Waals surface area contributed by atoms with Crippen molar-refractivity contribution in [2.75, 3.05) is 20.8 Å². The summed E-state index contributed by atoms with van der Waals surface area (Å²) in [6.07, 6.45) is 3.96. The van der Waals surface area contributed by atoms with Crippen molar-refractivity contribution in [2.45, 2.75) is 25.8 Å². The summed E-state index contributed by atoms with van der Waals surface area (Å²) in [6, 6.07) is 4.41. The molecule has 0 bridgehead atoms. The second-order valence-electron chi connectivity index (χ2n) is 3.68. The zero-order valence-electron chi connectivity index (χ0n) is 9.79. The molecule has 3 heteroatoms. The Morgan fingerprint density at radius 2 is 2.33 bits per heavy atom. The van der Waals surface area contributed by atoms with Crippen LogP contribution < -0.4 is 5.32 Å². The fourth-order valence-corrected chi connectivity index (χ4v) is 1.71. The van der Waals surface area contributed by atoms with E-state index in [1.54, 1.807) is 7.11 Å². The first-order valence-electron chi connectivity index (χ1n) is 5.37. The molecule has 1 heterocycles. The second kappa shape index (κ2) is 6.53. The Hall–Kier alpha value is -0.930. The number of aryl methyl sites for hydroxylation is 1. The lowest BCUT2D eigenvalue weighted by Crippen LogP contribution is -2.19. The summed E-state index contributed by atoms with van der Waals surface area (Å²) < 4.78 is 5.05. The van der Waals surface area contributed by atoms with Crippen LogP contribution in [0.15, 0.2) is 18.3 Å². The fourth-order valence-electron chi connectivity index (χ4n) is 1.71. The number of nitrogens with zero attached hydrogens (tertiary/aromatic N) is 1. The zero-order chi connectivity index (χ0) is 11.1. The Morgan fingerprint density at radius 3 is 2.93 bits per heavy atom. The Labute approximate surface area is 91.9 Å². The molecule has 0 aliphatic heterocycles. The van der Waals surface area contributed by atoms with Crippen molar-refractivity contribution in [1.82, 2.24) is 10.3 Å². The van der Waals surface area contributed by atoms with Crippen LogP contribution in [-0.4, -0.2) is 25.7 Å². The van der Waals surface area contributed by atoms with Crippen LogP contribution in [0.25, 0.3) is 0 Å². The fraction of sp³-hybridized carbons (Fsp3) is 0.583. The van der Waals surface area contributed by atoms with E-state index in [9.17, 15) is 0 Å². The topological polar surface area (TPSA) is 34.1 Å². The van der Waals surface area contributed by atoms with E-state index >= 15 is 0 Å². The van der Waals surface area contributed by atoms with Crippen molar-refractivity contribution in [3.05, 3.63) is 29.6 Å². The van der Waals surface area contributed by atoms with Crippen LogP contribution in [-0.2, 0) is 4.74 Å². The molecule has 1 atom stereocenters. The summed E-state index contributed by atoms with van der Waals surface area (Å²) >= 11 is 0. The molecule has 1 aromatic heterocycles. The molecule has 3 nitrogen and oxygen atoms in total. The highest BCUT2D eigenvalue weighted by Crippen LogP contribution is 2.18. The molecule has 0 radical (unpaired) electrons. The molecule has 0 aliphatic rings. The van der Waals surface area contributed by atoms with Crippen LogP contribution in [0, 0.1) is 6.92 Å². The highest BCUT2D eigenvalue weighted by atomic mass is 16.5. The predicted octanol–water partition coefficient (Wildman–Crippen LogP) is 2.08. The lowest BCUT2D eigenvalue weighted by molar-refractivity contribution is 0.189. The highest BCUT2D eigenvalue weighted by molar-refractivity contribution is 5.20. The quantitative estimate of drug-likeness (QED) is 0.727. The van der Waals surface area contributed by atoms with Gasteiger partial charge < -0.3 is 10.1 Å². The van der Waals surface area contributed by atoms with E-state index < -0.39 is 0 Å². The third-order valence-corrected chi connectivity index (χ3v) is 2.57. The minimum absolute atomic E-state index is 0.335. The summed E-state index contributed by atoms with van der Waals surface area (Å²) in [5.74, 6) is 0. The minimum atomic E-state index is 0.335. The number of methoxy groups -OCH3 is 1. The normalized spacial score (nSPS) is 12.7. The van der Waals surface area contributed by atoms with E-state index in [1.165, 1.54) is 5.56 Å². The Bertz CT molecular complexity index is 289. The maximum absolute atomic E-state index is 5.05. The summed E-state index contributed by atoms with van der Waals surface area (Å²) in [4.78, 5) is 4.42. The van der Waals surface area contributed by atoms with Gasteiger partial charge in [-0.05, 0) is 38.4 Å². The van der Waals surface area contributed by atoms with Gasteiger partial charge in [-0.2, -0.15) is 0 Å². The lowest BCUT2D eigenvalue weighted by atomic mass is 10.0. The number of rotatable bonds is 6. The molecule has 1 aromatic rings. The molecular formula is C12H20N2O.